The highest BCUT2D eigenvalue weighted by Crippen LogP contribution is 2.20. The fourth-order valence-electron chi connectivity index (χ4n) is 3.41. The lowest BCUT2D eigenvalue weighted by atomic mass is 10.2. The fraction of sp³-hybridized carbons (Fsp3) is 0.647. The summed E-state index contributed by atoms with van der Waals surface area (Å²) >= 11 is 1.09. The SMILES string of the molecule is CN(CCN1C(=O)CCN(CCS(=O)(=O)N2CCCC2)C1=O)S(=O)(=O)c1cccs1. The van der Waals surface area contributed by atoms with Crippen molar-refractivity contribution >= 4 is 43.3 Å². The van der Waals surface area contributed by atoms with E-state index in [0.717, 1.165) is 33.4 Å². The van der Waals surface area contributed by atoms with Crippen LogP contribution in [0.2, 0.25) is 0 Å². The van der Waals surface area contributed by atoms with Crippen LogP contribution in [0.4, 0.5) is 4.79 Å². The first-order valence-corrected chi connectivity index (χ1v) is 13.6. The minimum atomic E-state index is -3.68. The van der Waals surface area contributed by atoms with Crippen molar-refractivity contribution in [2.75, 3.05) is 52.1 Å². The summed E-state index contributed by atoms with van der Waals surface area (Å²) in [5.41, 5.74) is 0. The zero-order valence-electron chi connectivity index (χ0n) is 16.8. The first-order chi connectivity index (χ1) is 14.1. The quantitative estimate of drug-likeness (QED) is 0.509. The van der Waals surface area contributed by atoms with Crippen molar-refractivity contribution in [2.24, 2.45) is 0 Å². The molecule has 3 heterocycles. The lowest BCUT2D eigenvalue weighted by Crippen LogP contribution is -2.55. The van der Waals surface area contributed by atoms with Crippen molar-refractivity contribution in [3.8, 4) is 0 Å². The van der Waals surface area contributed by atoms with Gasteiger partial charge in [-0.1, -0.05) is 6.07 Å². The van der Waals surface area contributed by atoms with Crippen LogP contribution in [0.5, 0.6) is 0 Å². The highest BCUT2D eigenvalue weighted by Gasteiger charge is 2.34. The minimum absolute atomic E-state index is 0.00474. The van der Waals surface area contributed by atoms with Gasteiger partial charge < -0.3 is 4.90 Å². The van der Waals surface area contributed by atoms with Gasteiger partial charge in [0.15, 0.2) is 0 Å². The van der Waals surface area contributed by atoms with Crippen molar-refractivity contribution < 1.29 is 26.4 Å². The van der Waals surface area contributed by atoms with Crippen LogP contribution in [0.1, 0.15) is 19.3 Å². The summed E-state index contributed by atoms with van der Waals surface area (Å²) in [5.74, 6) is -0.575. The van der Waals surface area contributed by atoms with Gasteiger partial charge in [-0.2, -0.15) is 4.31 Å². The van der Waals surface area contributed by atoms with Gasteiger partial charge in [-0.25, -0.2) is 25.9 Å². The summed E-state index contributed by atoms with van der Waals surface area (Å²) < 4.78 is 52.5. The number of rotatable bonds is 9. The first-order valence-electron chi connectivity index (χ1n) is 9.70. The number of thiophene rings is 1. The number of imide groups is 1. The molecule has 0 radical (unpaired) electrons. The minimum Gasteiger partial charge on any atom is -0.323 e. The average molecular weight is 479 g/mol. The summed E-state index contributed by atoms with van der Waals surface area (Å²) in [7, 11) is -5.72. The molecule has 10 nitrogen and oxygen atoms in total. The summed E-state index contributed by atoms with van der Waals surface area (Å²) in [5, 5.41) is 1.66. The molecule has 1 aromatic heterocycles. The van der Waals surface area contributed by atoms with E-state index in [1.165, 1.54) is 22.3 Å². The van der Waals surface area contributed by atoms with E-state index in [-0.39, 0.29) is 48.5 Å². The van der Waals surface area contributed by atoms with E-state index in [2.05, 4.69) is 0 Å². The van der Waals surface area contributed by atoms with Gasteiger partial charge in [0, 0.05) is 52.7 Å². The van der Waals surface area contributed by atoms with Gasteiger partial charge in [0.05, 0.1) is 5.75 Å². The van der Waals surface area contributed by atoms with Crippen LogP contribution in [0.3, 0.4) is 0 Å². The molecule has 0 N–H and O–H groups in total. The van der Waals surface area contributed by atoms with Gasteiger partial charge in [-0.15, -0.1) is 11.3 Å². The van der Waals surface area contributed by atoms with Crippen molar-refractivity contribution in [3.63, 3.8) is 0 Å². The molecule has 3 amide bonds. The highest BCUT2D eigenvalue weighted by molar-refractivity contribution is 7.91. The zero-order valence-corrected chi connectivity index (χ0v) is 19.2. The van der Waals surface area contributed by atoms with Crippen LogP contribution >= 0.6 is 11.3 Å². The Morgan fingerprint density at radius 3 is 2.40 bits per heavy atom. The van der Waals surface area contributed by atoms with E-state index in [1.54, 1.807) is 11.4 Å². The van der Waals surface area contributed by atoms with Gasteiger partial charge in [0.1, 0.15) is 4.21 Å². The zero-order chi connectivity index (χ0) is 21.9. The summed E-state index contributed by atoms with van der Waals surface area (Å²) in [4.78, 5) is 27.3. The molecule has 30 heavy (non-hydrogen) atoms. The normalized spacial score (nSPS) is 19.3. The number of sulfonamides is 2. The Labute approximate surface area is 181 Å². The Hall–Kier alpha value is -1.54. The standard InChI is InChI=1S/C17H26N4O6S3/c1-18(30(26,27)16-5-4-13-28-16)10-11-21-15(22)6-9-19(17(21)23)12-14-29(24,25)20-7-2-3-8-20/h4-5,13H,2-3,6-12,14H2,1H3. The van der Waals surface area contributed by atoms with Crippen molar-refractivity contribution in [1.29, 1.82) is 0 Å². The number of carbonyl (C=O) groups excluding carboxylic acids is 2. The topological polar surface area (TPSA) is 115 Å². The summed E-state index contributed by atoms with van der Waals surface area (Å²) in [6.07, 6.45) is 1.76. The van der Waals surface area contributed by atoms with Crippen LogP contribution < -0.4 is 0 Å². The van der Waals surface area contributed by atoms with Crippen LogP contribution in [0.25, 0.3) is 0 Å². The molecule has 0 atom stereocenters. The molecule has 13 heteroatoms. The van der Waals surface area contributed by atoms with Crippen LogP contribution in [0.15, 0.2) is 21.7 Å². The van der Waals surface area contributed by atoms with Gasteiger partial charge in [-0.05, 0) is 24.3 Å². The van der Waals surface area contributed by atoms with Crippen LogP contribution in [-0.2, 0) is 24.8 Å². The number of amides is 3. The van der Waals surface area contributed by atoms with E-state index in [1.807, 2.05) is 0 Å². The average Bonchev–Trinajstić information content (AvgIpc) is 3.41. The highest BCUT2D eigenvalue weighted by atomic mass is 32.2. The van der Waals surface area contributed by atoms with E-state index < -0.39 is 26.1 Å². The number of urea groups is 1. The maximum Gasteiger partial charge on any atom is 0.326 e. The molecule has 1 aromatic rings. The Balaban J connectivity index is 1.58. The molecule has 0 unspecified atom stereocenters. The molecule has 2 saturated heterocycles. The molecule has 0 spiro atoms. The smallest absolute Gasteiger partial charge is 0.323 e. The predicted molar refractivity (Wildman–Crippen MR) is 112 cm³/mol. The number of likely N-dealkylation sites (N-methyl/N-ethyl adjacent to an activating group) is 1. The van der Waals surface area contributed by atoms with Crippen LogP contribution in [0, 0.1) is 0 Å². The monoisotopic (exact) mass is 478 g/mol. The number of carbonyl (C=O) groups is 2. The van der Waals surface area contributed by atoms with Crippen LogP contribution in [-0.4, -0.2) is 99.3 Å². The molecule has 2 aliphatic rings. The second kappa shape index (κ2) is 9.30. The van der Waals surface area contributed by atoms with E-state index in [4.69, 9.17) is 0 Å². The van der Waals surface area contributed by atoms with Crippen molar-refractivity contribution in [2.45, 2.75) is 23.5 Å². The Morgan fingerprint density at radius 2 is 1.77 bits per heavy atom. The number of hydrogen-bond donors (Lipinski definition) is 0. The molecule has 0 aromatic carbocycles. The maximum atomic E-state index is 12.7. The first kappa shape index (κ1) is 23.1. The van der Waals surface area contributed by atoms with E-state index >= 15 is 0 Å². The fourth-order valence-corrected chi connectivity index (χ4v) is 7.30. The molecule has 3 rings (SSSR count). The van der Waals surface area contributed by atoms with Crippen molar-refractivity contribution in [3.05, 3.63) is 17.5 Å². The predicted octanol–water partition coefficient (Wildman–Crippen LogP) is 0.449. The second-order valence-electron chi connectivity index (χ2n) is 7.25. The van der Waals surface area contributed by atoms with E-state index in [9.17, 15) is 26.4 Å². The maximum absolute atomic E-state index is 12.7. The molecule has 0 bridgehead atoms. The molecule has 2 fully saturated rings. The third kappa shape index (κ3) is 5.02. The van der Waals surface area contributed by atoms with Gasteiger partial charge in [0.2, 0.25) is 15.9 Å². The van der Waals surface area contributed by atoms with Gasteiger partial charge in [-0.3, -0.25) is 9.69 Å². The van der Waals surface area contributed by atoms with Gasteiger partial charge >= 0.3 is 6.03 Å². The molecular formula is C17H26N4O6S3. The lowest BCUT2D eigenvalue weighted by molar-refractivity contribution is -0.131. The van der Waals surface area contributed by atoms with Crippen molar-refractivity contribution in [1.82, 2.24) is 18.4 Å². The Bertz CT molecular complexity index is 971. The molecule has 2 aliphatic heterocycles. The second-order valence-corrected chi connectivity index (χ2v) is 12.6. The molecule has 0 aliphatic carbocycles. The number of nitrogens with zero attached hydrogens (tertiary/aromatic N) is 4. The summed E-state index contributed by atoms with van der Waals surface area (Å²) in [6.45, 7) is 1.04. The Kier molecular flexibility index (Phi) is 7.17. The molecule has 0 saturated carbocycles. The molecular weight excluding hydrogens is 452 g/mol. The largest absolute Gasteiger partial charge is 0.326 e. The van der Waals surface area contributed by atoms with Gasteiger partial charge in [0.25, 0.3) is 10.0 Å². The summed E-state index contributed by atoms with van der Waals surface area (Å²) in [6, 6.07) is 2.55. The number of hydrogen-bond acceptors (Lipinski definition) is 7. The van der Waals surface area contributed by atoms with E-state index in [0.29, 0.717) is 13.1 Å². The molecule has 168 valence electrons. The lowest BCUT2D eigenvalue weighted by Gasteiger charge is -2.35. The third-order valence-electron chi connectivity index (χ3n) is 5.27. The Morgan fingerprint density at radius 1 is 1.07 bits per heavy atom. The third-order valence-corrected chi connectivity index (χ3v) is 10.4.